The lowest BCUT2D eigenvalue weighted by Gasteiger charge is -2.32. The normalized spacial score (nSPS) is 18.7. The van der Waals surface area contributed by atoms with E-state index in [0.29, 0.717) is 43.9 Å². The van der Waals surface area contributed by atoms with Gasteiger partial charge in [-0.3, -0.25) is 4.79 Å². The molecule has 0 aliphatic carbocycles. The molecule has 26 heavy (non-hydrogen) atoms. The highest BCUT2D eigenvalue weighted by Gasteiger charge is 2.34. The van der Waals surface area contributed by atoms with Crippen LogP contribution in [0.15, 0.2) is 33.6 Å². The maximum Gasteiger partial charge on any atom is 0.285 e. The second-order valence-electron chi connectivity index (χ2n) is 6.29. The van der Waals surface area contributed by atoms with Gasteiger partial charge in [-0.25, -0.2) is 0 Å². The number of amidine groups is 1. The molecule has 144 valence electrons. The topological polar surface area (TPSA) is 90.9 Å². The van der Waals surface area contributed by atoms with Crippen LogP contribution in [0.3, 0.4) is 0 Å². The van der Waals surface area contributed by atoms with E-state index in [-0.39, 0.29) is 29.1 Å². The second-order valence-corrected chi connectivity index (χ2v) is 7.86. The molecule has 1 fully saturated rings. The van der Waals surface area contributed by atoms with E-state index in [1.54, 1.807) is 18.2 Å². The van der Waals surface area contributed by atoms with Gasteiger partial charge in [-0.15, -0.1) is 16.8 Å². The predicted octanol–water partition coefficient (Wildman–Crippen LogP) is 0.995. The van der Waals surface area contributed by atoms with Gasteiger partial charge >= 0.3 is 0 Å². The molecular formula is C17H25ClN4O3S. The van der Waals surface area contributed by atoms with E-state index in [1.807, 2.05) is 17.9 Å². The molecule has 2 aliphatic heterocycles. The Bertz CT molecular complexity index is 774. The van der Waals surface area contributed by atoms with Crippen molar-refractivity contribution >= 4 is 34.2 Å². The summed E-state index contributed by atoms with van der Waals surface area (Å²) in [6, 6.07) is 6.91. The average molecular weight is 401 g/mol. The van der Waals surface area contributed by atoms with Crippen molar-refractivity contribution in [3.8, 4) is 0 Å². The van der Waals surface area contributed by atoms with Crippen LogP contribution in [0.1, 0.15) is 25.3 Å². The largest absolute Gasteiger partial charge is 0.355 e. The van der Waals surface area contributed by atoms with Gasteiger partial charge in [0.25, 0.3) is 10.0 Å². The summed E-state index contributed by atoms with van der Waals surface area (Å²) in [5.74, 6) is 0.576. The molecule has 0 saturated carbocycles. The third-order valence-corrected chi connectivity index (χ3v) is 5.95. The predicted molar refractivity (Wildman–Crippen MR) is 103 cm³/mol. The monoisotopic (exact) mass is 400 g/mol. The fourth-order valence-electron chi connectivity index (χ4n) is 3.27. The number of amides is 1. The molecule has 1 aromatic carbocycles. The Morgan fingerprint density at radius 1 is 1.23 bits per heavy atom. The Morgan fingerprint density at radius 3 is 2.62 bits per heavy atom. The number of nitrogens with one attached hydrogen (secondary N) is 2. The number of likely N-dealkylation sites (tertiary alicyclic amines) is 1. The Labute approximate surface area is 160 Å². The van der Waals surface area contributed by atoms with Gasteiger partial charge in [-0.05, 0) is 31.5 Å². The molecule has 0 aromatic heterocycles. The molecule has 9 heteroatoms. The zero-order valence-electron chi connectivity index (χ0n) is 14.8. The Balaban J connectivity index is 0.00000243. The molecule has 2 aliphatic rings. The zero-order valence-corrected chi connectivity index (χ0v) is 16.4. The van der Waals surface area contributed by atoms with Crippen LogP contribution >= 0.6 is 12.4 Å². The van der Waals surface area contributed by atoms with Crippen molar-refractivity contribution in [1.29, 1.82) is 0 Å². The number of sulfonamides is 1. The van der Waals surface area contributed by atoms with Gasteiger partial charge < -0.3 is 15.5 Å². The molecule has 0 bridgehead atoms. The van der Waals surface area contributed by atoms with Crippen LogP contribution in [0, 0.1) is 5.92 Å². The summed E-state index contributed by atoms with van der Waals surface area (Å²) >= 11 is 0. The molecule has 1 aromatic rings. The molecular weight excluding hydrogens is 376 g/mol. The highest BCUT2D eigenvalue weighted by molar-refractivity contribution is 7.90. The fourth-order valence-corrected chi connectivity index (χ4v) is 4.49. The first-order chi connectivity index (χ1) is 12.0. The van der Waals surface area contributed by atoms with Crippen LogP contribution in [-0.2, 0) is 14.8 Å². The molecule has 0 unspecified atom stereocenters. The van der Waals surface area contributed by atoms with Crippen LogP contribution < -0.4 is 10.6 Å². The number of carbonyl (C=O) groups is 1. The van der Waals surface area contributed by atoms with Crippen LogP contribution in [0.5, 0.6) is 0 Å². The fraction of sp³-hybridized carbons (Fsp3) is 0.529. The molecule has 3 rings (SSSR count). The van der Waals surface area contributed by atoms with E-state index < -0.39 is 10.0 Å². The SMILES string of the molecule is CCNCCNC(=O)C1CCN(C2=NS(=O)(=O)c3ccccc32)CC1.Cl. The van der Waals surface area contributed by atoms with Gasteiger partial charge in [0.15, 0.2) is 5.84 Å². The summed E-state index contributed by atoms with van der Waals surface area (Å²) in [6.45, 7) is 5.59. The minimum absolute atomic E-state index is 0. The summed E-state index contributed by atoms with van der Waals surface area (Å²) in [4.78, 5) is 14.5. The Morgan fingerprint density at radius 2 is 1.92 bits per heavy atom. The van der Waals surface area contributed by atoms with Gasteiger partial charge in [-0.2, -0.15) is 8.42 Å². The highest BCUT2D eigenvalue weighted by Crippen LogP contribution is 2.29. The number of likely N-dealkylation sites (N-methyl/N-ethyl adjacent to an activating group) is 1. The summed E-state index contributed by atoms with van der Waals surface area (Å²) < 4.78 is 28.3. The lowest BCUT2D eigenvalue weighted by molar-refractivity contribution is -0.126. The summed E-state index contributed by atoms with van der Waals surface area (Å²) in [5.41, 5.74) is 0.663. The minimum atomic E-state index is -3.59. The highest BCUT2D eigenvalue weighted by atomic mass is 35.5. The first-order valence-corrected chi connectivity index (χ1v) is 10.1. The number of carbonyl (C=O) groups excluding carboxylic acids is 1. The van der Waals surface area contributed by atoms with Crippen LogP contribution in [0.25, 0.3) is 0 Å². The van der Waals surface area contributed by atoms with Gasteiger partial charge in [0.2, 0.25) is 5.91 Å². The average Bonchev–Trinajstić information content (AvgIpc) is 2.90. The molecule has 1 amide bonds. The van der Waals surface area contributed by atoms with Crippen molar-refractivity contribution < 1.29 is 13.2 Å². The number of halogens is 1. The standard InChI is InChI=1S/C17H24N4O3S.ClH/c1-2-18-9-10-19-17(22)13-7-11-21(12-8-13)16-14-5-3-4-6-15(14)25(23,24)20-16;/h3-6,13,18H,2,7-12H2,1H3,(H,19,22);1H. The molecule has 1 saturated heterocycles. The van der Waals surface area contributed by atoms with Crippen molar-refractivity contribution in [2.75, 3.05) is 32.7 Å². The van der Waals surface area contributed by atoms with Gasteiger partial charge in [-0.1, -0.05) is 19.1 Å². The summed E-state index contributed by atoms with van der Waals surface area (Å²) in [7, 11) is -3.59. The smallest absolute Gasteiger partial charge is 0.285 e. The molecule has 0 spiro atoms. The van der Waals surface area contributed by atoms with Crippen LogP contribution in [0.4, 0.5) is 0 Å². The van der Waals surface area contributed by atoms with Crippen molar-refractivity contribution in [2.24, 2.45) is 10.3 Å². The minimum Gasteiger partial charge on any atom is -0.355 e. The Hall–Kier alpha value is -1.64. The van der Waals surface area contributed by atoms with E-state index >= 15 is 0 Å². The molecule has 0 atom stereocenters. The lowest BCUT2D eigenvalue weighted by Crippen LogP contribution is -2.44. The van der Waals surface area contributed by atoms with E-state index in [0.717, 1.165) is 13.1 Å². The van der Waals surface area contributed by atoms with E-state index in [9.17, 15) is 13.2 Å². The maximum absolute atomic E-state index is 12.2. The number of rotatable bonds is 5. The molecule has 7 nitrogen and oxygen atoms in total. The maximum atomic E-state index is 12.2. The zero-order chi connectivity index (χ0) is 17.9. The quantitative estimate of drug-likeness (QED) is 0.719. The third kappa shape index (κ3) is 4.36. The van der Waals surface area contributed by atoms with Crippen LogP contribution in [-0.4, -0.2) is 57.8 Å². The second kappa shape index (κ2) is 8.83. The van der Waals surface area contributed by atoms with E-state index in [4.69, 9.17) is 0 Å². The third-order valence-electron chi connectivity index (χ3n) is 4.63. The Kier molecular flexibility index (Phi) is 7.02. The molecule has 0 radical (unpaired) electrons. The van der Waals surface area contributed by atoms with Crippen molar-refractivity contribution in [3.63, 3.8) is 0 Å². The molecule has 2 N–H and O–H groups in total. The molecule has 2 heterocycles. The van der Waals surface area contributed by atoms with E-state index in [1.165, 1.54) is 0 Å². The number of benzene rings is 1. The lowest BCUT2D eigenvalue weighted by atomic mass is 9.95. The van der Waals surface area contributed by atoms with Crippen LogP contribution in [0.2, 0.25) is 0 Å². The number of nitrogens with zero attached hydrogens (tertiary/aromatic N) is 2. The summed E-state index contributed by atoms with van der Waals surface area (Å²) in [5, 5.41) is 6.13. The van der Waals surface area contributed by atoms with Crippen molar-refractivity contribution in [1.82, 2.24) is 15.5 Å². The number of piperidine rings is 1. The first kappa shape index (κ1) is 20.7. The van der Waals surface area contributed by atoms with Crippen molar-refractivity contribution in [3.05, 3.63) is 29.8 Å². The summed E-state index contributed by atoms with van der Waals surface area (Å²) in [6.07, 6.45) is 1.41. The number of fused-ring (bicyclic) bond motifs is 1. The van der Waals surface area contributed by atoms with Crippen molar-refractivity contribution in [2.45, 2.75) is 24.7 Å². The number of hydrogen-bond acceptors (Lipinski definition) is 5. The van der Waals surface area contributed by atoms with Gasteiger partial charge in [0.05, 0.1) is 0 Å². The number of hydrogen-bond donors (Lipinski definition) is 2. The van der Waals surface area contributed by atoms with Gasteiger partial charge in [0, 0.05) is 37.7 Å². The van der Waals surface area contributed by atoms with E-state index in [2.05, 4.69) is 15.0 Å². The first-order valence-electron chi connectivity index (χ1n) is 8.70. The van der Waals surface area contributed by atoms with Gasteiger partial charge in [0.1, 0.15) is 4.90 Å².